The zero-order valence-corrected chi connectivity index (χ0v) is 19.8. The van der Waals surface area contributed by atoms with Gasteiger partial charge in [-0.25, -0.2) is 8.42 Å². The Bertz CT molecular complexity index is 1160. The van der Waals surface area contributed by atoms with E-state index in [2.05, 4.69) is 10.6 Å². The van der Waals surface area contributed by atoms with Gasteiger partial charge in [-0.05, 0) is 55.2 Å². The zero-order chi connectivity index (χ0) is 23.6. The standard InChI is InChI=1S/C24H30N4O4S/c1-3-28(4-2)33(31,32)19-11-12-22-17(15-19)13-14-27(22)16-23(29)26-21-8-6-5-7-20(21)24(30)25-18-9-10-18/h5-8,11-12,15,18H,3-4,9-10,13-14,16H2,1-2H3,(H,25,30)(H,26,29). The highest BCUT2D eigenvalue weighted by atomic mass is 32.2. The molecule has 2 N–H and O–H groups in total. The molecule has 2 amide bonds. The van der Waals surface area contributed by atoms with Gasteiger partial charge < -0.3 is 15.5 Å². The molecule has 2 aromatic rings. The summed E-state index contributed by atoms with van der Waals surface area (Å²) in [6.07, 6.45) is 2.66. The lowest BCUT2D eigenvalue weighted by molar-refractivity contribution is -0.115. The van der Waals surface area contributed by atoms with Gasteiger partial charge in [0.05, 0.1) is 22.7 Å². The minimum absolute atomic E-state index is 0.119. The Morgan fingerprint density at radius 3 is 2.52 bits per heavy atom. The SMILES string of the molecule is CCN(CC)S(=O)(=O)c1ccc2c(c1)CCN2CC(=O)Nc1ccccc1C(=O)NC1CC1. The summed E-state index contributed by atoms with van der Waals surface area (Å²) in [6, 6.07) is 12.3. The van der Waals surface area contributed by atoms with Gasteiger partial charge in [-0.1, -0.05) is 26.0 Å². The predicted octanol–water partition coefficient (Wildman–Crippen LogP) is 2.61. The molecule has 1 aliphatic heterocycles. The first-order valence-corrected chi connectivity index (χ1v) is 12.8. The van der Waals surface area contributed by atoms with E-state index in [1.54, 1.807) is 42.5 Å². The Morgan fingerprint density at radius 1 is 1.09 bits per heavy atom. The van der Waals surface area contributed by atoms with Crippen molar-refractivity contribution in [3.8, 4) is 0 Å². The van der Waals surface area contributed by atoms with Crippen LogP contribution >= 0.6 is 0 Å². The van der Waals surface area contributed by atoms with Crippen molar-refractivity contribution in [2.75, 3.05) is 36.4 Å². The molecular formula is C24H30N4O4S. The first-order chi connectivity index (χ1) is 15.8. The number of rotatable bonds is 9. The first kappa shape index (κ1) is 23.3. The highest BCUT2D eigenvalue weighted by Gasteiger charge is 2.28. The third kappa shape index (κ3) is 5.04. The molecule has 9 heteroatoms. The summed E-state index contributed by atoms with van der Waals surface area (Å²) in [5.41, 5.74) is 2.72. The molecule has 0 radical (unpaired) electrons. The highest BCUT2D eigenvalue weighted by Crippen LogP contribution is 2.31. The zero-order valence-electron chi connectivity index (χ0n) is 19.0. The summed E-state index contributed by atoms with van der Waals surface area (Å²) in [5, 5.41) is 5.81. The van der Waals surface area contributed by atoms with Gasteiger partial charge >= 0.3 is 0 Å². The van der Waals surface area contributed by atoms with Crippen LogP contribution in [0, 0.1) is 0 Å². The maximum absolute atomic E-state index is 12.8. The first-order valence-electron chi connectivity index (χ1n) is 11.4. The number of sulfonamides is 1. The summed E-state index contributed by atoms with van der Waals surface area (Å²) in [6.45, 7) is 5.23. The van der Waals surface area contributed by atoms with E-state index in [9.17, 15) is 18.0 Å². The summed E-state index contributed by atoms with van der Waals surface area (Å²) >= 11 is 0. The number of nitrogens with one attached hydrogen (secondary N) is 2. The molecule has 0 spiro atoms. The predicted molar refractivity (Wildman–Crippen MR) is 128 cm³/mol. The van der Waals surface area contributed by atoms with Crippen LogP contribution in [-0.4, -0.2) is 56.8 Å². The summed E-state index contributed by atoms with van der Waals surface area (Å²) < 4.78 is 27.1. The van der Waals surface area contributed by atoms with Gasteiger partial charge in [0.1, 0.15) is 0 Å². The number of anilines is 2. The lowest BCUT2D eigenvalue weighted by atomic mass is 10.1. The van der Waals surface area contributed by atoms with Crippen molar-refractivity contribution in [1.82, 2.24) is 9.62 Å². The van der Waals surface area contributed by atoms with Crippen molar-refractivity contribution in [3.63, 3.8) is 0 Å². The van der Waals surface area contributed by atoms with E-state index in [1.165, 1.54) is 4.31 Å². The number of amides is 2. The van der Waals surface area contributed by atoms with Gasteiger partial charge in [0.2, 0.25) is 15.9 Å². The second-order valence-electron chi connectivity index (χ2n) is 8.39. The van der Waals surface area contributed by atoms with Crippen LogP contribution in [0.15, 0.2) is 47.4 Å². The number of nitrogens with zero attached hydrogens (tertiary/aromatic N) is 2. The van der Waals surface area contributed by atoms with Crippen molar-refractivity contribution in [2.45, 2.75) is 44.0 Å². The van der Waals surface area contributed by atoms with Crippen LogP contribution in [0.3, 0.4) is 0 Å². The van der Waals surface area contributed by atoms with Crippen LogP contribution in [0.25, 0.3) is 0 Å². The molecule has 1 fully saturated rings. The number of para-hydroxylation sites is 1. The second kappa shape index (κ2) is 9.52. The minimum Gasteiger partial charge on any atom is -0.362 e. The van der Waals surface area contributed by atoms with E-state index in [1.807, 2.05) is 18.7 Å². The van der Waals surface area contributed by atoms with Crippen LogP contribution in [-0.2, 0) is 21.2 Å². The Labute approximate surface area is 195 Å². The number of carbonyl (C=O) groups is 2. The fourth-order valence-electron chi connectivity index (χ4n) is 4.13. The average Bonchev–Trinajstić information content (AvgIpc) is 3.53. The van der Waals surface area contributed by atoms with Crippen molar-refractivity contribution in [1.29, 1.82) is 0 Å². The molecule has 0 aromatic heterocycles. The topological polar surface area (TPSA) is 98.8 Å². The smallest absolute Gasteiger partial charge is 0.253 e. The molecule has 1 saturated carbocycles. The van der Waals surface area contributed by atoms with E-state index in [-0.39, 0.29) is 29.3 Å². The third-order valence-corrected chi connectivity index (χ3v) is 8.12. The molecular weight excluding hydrogens is 440 g/mol. The largest absolute Gasteiger partial charge is 0.362 e. The molecule has 0 unspecified atom stereocenters. The molecule has 0 atom stereocenters. The van der Waals surface area contributed by atoms with Crippen molar-refractivity contribution in [3.05, 3.63) is 53.6 Å². The molecule has 8 nitrogen and oxygen atoms in total. The molecule has 0 saturated heterocycles. The van der Waals surface area contributed by atoms with Crippen LogP contribution in [0.4, 0.5) is 11.4 Å². The van der Waals surface area contributed by atoms with E-state index in [0.29, 0.717) is 37.3 Å². The molecule has 4 rings (SSSR count). The number of carbonyl (C=O) groups excluding carboxylic acids is 2. The lowest BCUT2D eigenvalue weighted by Crippen LogP contribution is -2.33. The summed E-state index contributed by atoms with van der Waals surface area (Å²) in [7, 11) is -3.52. The van der Waals surface area contributed by atoms with Gasteiger partial charge in [0.15, 0.2) is 0 Å². The van der Waals surface area contributed by atoms with Crippen LogP contribution < -0.4 is 15.5 Å². The molecule has 1 heterocycles. The van der Waals surface area contributed by atoms with Gasteiger partial charge in [-0.2, -0.15) is 4.31 Å². The fraction of sp³-hybridized carbons (Fsp3) is 0.417. The van der Waals surface area contributed by atoms with Gasteiger partial charge in [-0.3, -0.25) is 9.59 Å². The molecule has 33 heavy (non-hydrogen) atoms. The highest BCUT2D eigenvalue weighted by molar-refractivity contribution is 7.89. The van der Waals surface area contributed by atoms with Gasteiger partial charge in [0.25, 0.3) is 5.91 Å². The Morgan fingerprint density at radius 2 is 1.82 bits per heavy atom. The summed E-state index contributed by atoms with van der Waals surface area (Å²) in [5.74, 6) is -0.406. The molecule has 2 aromatic carbocycles. The Kier molecular flexibility index (Phi) is 6.71. The average molecular weight is 471 g/mol. The Hall–Kier alpha value is -2.91. The second-order valence-corrected chi connectivity index (χ2v) is 10.3. The van der Waals surface area contributed by atoms with Crippen molar-refractivity contribution >= 4 is 33.2 Å². The maximum atomic E-state index is 12.8. The molecule has 2 aliphatic rings. The van der Waals surface area contributed by atoms with E-state index >= 15 is 0 Å². The molecule has 176 valence electrons. The Balaban J connectivity index is 1.45. The number of hydrogen-bond acceptors (Lipinski definition) is 5. The summed E-state index contributed by atoms with van der Waals surface area (Å²) in [4.78, 5) is 27.5. The quantitative estimate of drug-likeness (QED) is 0.587. The van der Waals surface area contributed by atoms with Crippen LogP contribution in [0.2, 0.25) is 0 Å². The number of hydrogen-bond donors (Lipinski definition) is 2. The van der Waals surface area contributed by atoms with Crippen LogP contribution in [0.5, 0.6) is 0 Å². The normalized spacial score (nSPS) is 15.4. The number of fused-ring (bicyclic) bond motifs is 1. The molecule has 0 bridgehead atoms. The third-order valence-electron chi connectivity index (χ3n) is 6.08. The lowest BCUT2D eigenvalue weighted by Gasteiger charge is -2.21. The monoisotopic (exact) mass is 470 g/mol. The number of benzene rings is 2. The molecule has 1 aliphatic carbocycles. The van der Waals surface area contributed by atoms with Crippen molar-refractivity contribution in [2.24, 2.45) is 0 Å². The minimum atomic E-state index is -3.52. The maximum Gasteiger partial charge on any atom is 0.253 e. The van der Waals surface area contributed by atoms with E-state index in [0.717, 1.165) is 24.1 Å². The van der Waals surface area contributed by atoms with Crippen LogP contribution in [0.1, 0.15) is 42.6 Å². The fourth-order valence-corrected chi connectivity index (χ4v) is 5.64. The van der Waals surface area contributed by atoms with Crippen molar-refractivity contribution < 1.29 is 18.0 Å². The van der Waals surface area contributed by atoms with Gasteiger partial charge in [0, 0.05) is 31.4 Å². The van der Waals surface area contributed by atoms with E-state index in [4.69, 9.17) is 0 Å². The van der Waals surface area contributed by atoms with Gasteiger partial charge in [-0.15, -0.1) is 0 Å². The van der Waals surface area contributed by atoms with E-state index < -0.39 is 10.0 Å².